The molecule has 3 heterocycles. The van der Waals surface area contributed by atoms with Crippen LogP contribution in [-0.4, -0.2) is 8.07 Å². The molecule has 0 N–H and O–H groups in total. The summed E-state index contributed by atoms with van der Waals surface area (Å²) in [5.41, 5.74) is 12.6. The van der Waals surface area contributed by atoms with Crippen molar-refractivity contribution in [1.82, 2.24) is 0 Å². The Morgan fingerprint density at radius 1 is 0.313 bits per heavy atom. The zero-order chi connectivity index (χ0) is 44.4. The summed E-state index contributed by atoms with van der Waals surface area (Å²) in [4.78, 5) is 4.78. The van der Waals surface area contributed by atoms with Gasteiger partial charge in [0.25, 0.3) is 0 Å². The molecule has 316 valence electrons. The zero-order valence-corrected chi connectivity index (χ0v) is 38.0. The minimum Gasteiger partial charge on any atom is -0.454 e. The normalized spacial score (nSPS) is 13.0. The maximum absolute atomic E-state index is 6.75. The lowest BCUT2D eigenvalue weighted by molar-refractivity contribution is 0.668. The maximum Gasteiger partial charge on any atom is 0.159 e. The molecule has 67 heavy (non-hydrogen) atoms. The van der Waals surface area contributed by atoms with Gasteiger partial charge in [0, 0.05) is 44.0 Å². The van der Waals surface area contributed by atoms with Crippen LogP contribution < -0.4 is 20.2 Å². The monoisotopic (exact) mass is 874 g/mol. The highest BCUT2D eigenvalue weighted by Crippen LogP contribution is 2.49. The summed E-state index contributed by atoms with van der Waals surface area (Å²) in [5.74, 6) is 0. The molecule has 0 atom stereocenters. The summed E-state index contributed by atoms with van der Waals surface area (Å²) in [7, 11) is -2.32. The predicted molar refractivity (Wildman–Crippen MR) is 285 cm³/mol. The van der Waals surface area contributed by atoms with Crippen LogP contribution in [0.5, 0.6) is 0 Å². The third-order valence-corrected chi connectivity index (χ3v) is 17.9. The predicted octanol–water partition coefficient (Wildman–Crippen LogP) is 16.7. The lowest BCUT2D eigenvalue weighted by atomic mass is 9.89. The molecule has 5 heteroatoms. The smallest absolute Gasteiger partial charge is 0.159 e. The van der Waals surface area contributed by atoms with E-state index < -0.39 is 8.07 Å². The second kappa shape index (κ2) is 14.3. The molecular weight excluding hydrogens is 833 g/mol. The maximum atomic E-state index is 6.75. The molecule has 0 bridgehead atoms. The van der Waals surface area contributed by atoms with Gasteiger partial charge in [-0.15, -0.1) is 0 Å². The highest BCUT2D eigenvalue weighted by molar-refractivity contribution is 7.03. The molecule has 2 aromatic heterocycles. The number of anilines is 6. The standard InChI is InChI=1S/C62H42N2O2Si/c1-67(2)58-33-17-26-47-51-38-55(64(40-20-7-4-8-21-40)54-30-16-28-49-45-25-12-14-32-57(45)66-62(49)54)43-23-10-9-22-42(43)50(51)37-52(60(47)58)46-35-34-41(36-59(46)67)63(39-18-5-3-6-19-39)53-29-15-27-48-44-24-11-13-31-56(44)65-61(48)53/h3-38H,1-2H3. The molecule has 0 aliphatic carbocycles. The summed E-state index contributed by atoms with van der Waals surface area (Å²) >= 11 is 0. The topological polar surface area (TPSA) is 32.8 Å². The van der Waals surface area contributed by atoms with Crippen LogP contribution in [0.25, 0.3) is 87.3 Å². The average Bonchev–Trinajstić information content (AvgIpc) is 3.96. The molecule has 0 spiro atoms. The van der Waals surface area contributed by atoms with E-state index in [-0.39, 0.29) is 0 Å². The molecule has 1 aliphatic rings. The molecule has 1 aliphatic heterocycles. The fourth-order valence-electron chi connectivity index (χ4n) is 11.3. The minimum atomic E-state index is -2.32. The summed E-state index contributed by atoms with van der Waals surface area (Å²) < 4.78 is 13.4. The van der Waals surface area contributed by atoms with Gasteiger partial charge in [0.1, 0.15) is 19.2 Å². The largest absolute Gasteiger partial charge is 0.454 e. The summed E-state index contributed by atoms with van der Waals surface area (Å²) in [5, 5.41) is 14.9. The zero-order valence-electron chi connectivity index (χ0n) is 37.0. The molecule has 0 amide bonds. The van der Waals surface area contributed by atoms with Crippen molar-refractivity contribution in [1.29, 1.82) is 0 Å². The Morgan fingerprint density at radius 2 is 0.821 bits per heavy atom. The molecule has 0 unspecified atom stereocenters. The Morgan fingerprint density at radius 3 is 1.48 bits per heavy atom. The first-order valence-corrected chi connectivity index (χ1v) is 26.1. The van der Waals surface area contributed by atoms with E-state index in [1.165, 1.54) is 53.8 Å². The van der Waals surface area contributed by atoms with Crippen LogP contribution in [0.2, 0.25) is 13.1 Å². The van der Waals surface area contributed by atoms with Gasteiger partial charge in [0.15, 0.2) is 11.2 Å². The van der Waals surface area contributed by atoms with Crippen LogP contribution in [0.4, 0.5) is 34.1 Å². The van der Waals surface area contributed by atoms with Gasteiger partial charge in [-0.05, 0) is 121 Å². The molecule has 0 saturated carbocycles. The first kappa shape index (κ1) is 37.9. The van der Waals surface area contributed by atoms with Gasteiger partial charge >= 0.3 is 0 Å². The Kier molecular flexibility index (Phi) is 8.10. The van der Waals surface area contributed by atoms with Crippen LogP contribution >= 0.6 is 0 Å². The second-order valence-electron chi connectivity index (χ2n) is 18.4. The Labute approximate surface area is 388 Å². The van der Waals surface area contributed by atoms with E-state index in [1.54, 1.807) is 0 Å². The Bertz CT molecular complexity index is 4150. The lowest BCUT2D eigenvalue weighted by Crippen LogP contribution is -2.56. The summed E-state index contributed by atoms with van der Waals surface area (Å²) in [6.45, 7) is 5.06. The number of rotatable bonds is 6. The fourth-order valence-corrected chi connectivity index (χ4v) is 14.4. The molecular formula is C62H42N2O2Si. The van der Waals surface area contributed by atoms with Gasteiger partial charge in [0.05, 0.1) is 17.1 Å². The third-order valence-electron chi connectivity index (χ3n) is 14.4. The molecule has 0 fully saturated rings. The van der Waals surface area contributed by atoms with Gasteiger partial charge < -0.3 is 18.6 Å². The number of nitrogens with zero attached hydrogens (tertiary/aromatic N) is 2. The average molecular weight is 875 g/mol. The van der Waals surface area contributed by atoms with E-state index in [4.69, 9.17) is 8.83 Å². The van der Waals surface area contributed by atoms with Crippen molar-refractivity contribution >= 4 is 129 Å². The Balaban J connectivity index is 1.01. The van der Waals surface area contributed by atoms with Crippen molar-refractivity contribution in [3.8, 4) is 11.1 Å². The lowest BCUT2D eigenvalue weighted by Gasteiger charge is -2.36. The highest BCUT2D eigenvalue weighted by atomic mass is 28.3. The van der Waals surface area contributed by atoms with Gasteiger partial charge in [-0.25, -0.2) is 0 Å². The SMILES string of the molecule is C[Si]1(C)c2cc(N(c3ccccc3)c3cccc4c3oc3ccccc34)ccc2-c2cc3c4ccccc4c(N(c4ccccc4)c4cccc5c4oc4ccccc45)cc3c3cccc1c23. The van der Waals surface area contributed by atoms with E-state index in [1.807, 2.05) is 12.1 Å². The first-order chi connectivity index (χ1) is 33.0. The van der Waals surface area contributed by atoms with Crippen LogP contribution in [0.15, 0.2) is 227 Å². The van der Waals surface area contributed by atoms with Gasteiger partial charge in [-0.2, -0.15) is 0 Å². The third kappa shape index (κ3) is 5.52. The highest BCUT2D eigenvalue weighted by Gasteiger charge is 2.37. The van der Waals surface area contributed by atoms with Crippen molar-refractivity contribution < 1.29 is 8.83 Å². The van der Waals surface area contributed by atoms with E-state index in [0.717, 1.165) is 78.0 Å². The second-order valence-corrected chi connectivity index (χ2v) is 22.7. The number of hydrogen-bond donors (Lipinski definition) is 0. The molecule has 13 aromatic rings. The van der Waals surface area contributed by atoms with Crippen molar-refractivity contribution in [2.75, 3.05) is 9.80 Å². The minimum absolute atomic E-state index is 0.873. The van der Waals surface area contributed by atoms with Crippen molar-refractivity contribution in [2.45, 2.75) is 13.1 Å². The first-order valence-electron chi connectivity index (χ1n) is 23.1. The van der Waals surface area contributed by atoms with Crippen LogP contribution in [-0.2, 0) is 0 Å². The number of para-hydroxylation sites is 6. The fraction of sp³-hybridized carbons (Fsp3) is 0.0323. The van der Waals surface area contributed by atoms with Crippen molar-refractivity contribution in [3.63, 3.8) is 0 Å². The number of furan rings is 2. The van der Waals surface area contributed by atoms with E-state index in [9.17, 15) is 0 Å². The van der Waals surface area contributed by atoms with Gasteiger partial charge in [0.2, 0.25) is 0 Å². The number of benzene rings is 11. The van der Waals surface area contributed by atoms with Gasteiger partial charge in [-0.1, -0.05) is 159 Å². The molecule has 4 nitrogen and oxygen atoms in total. The number of hydrogen-bond acceptors (Lipinski definition) is 4. The van der Waals surface area contributed by atoms with Crippen LogP contribution in [0.1, 0.15) is 0 Å². The van der Waals surface area contributed by atoms with E-state index in [2.05, 4.69) is 229 Å². The Hall–Kier alpha value is -8.38. The van der Waals surface area contributed by atoms with Crippen LogP contribution in [0.3, 0.4) is 0 Å². The quantitative estimate of drug-likeness (QED) is 0.123. The summed E-state index contributed by atoms with van der Waals surface area (Å²) in [6.07, 6.45) is 0. The molecule has 0 saturated heterocycles. The van der Waals surface area contributed by atoms with E-state index in [0.29, 0.717) is 0 Å². The van der Waals surface area contributed by atoms with Gasteiger partial charge in [-0.3, -0.25) is 0 Å². The summed E-state index contributed by atoms with van der Waals surface area (Å²) in [6, 6.07) is 79.3. The van der Waals surface area contributed by atoms with Crippen molar-refractivity contribution in [2.24, 2.45) is 0 Å². The number of fused-ring (bicyclic) bond motifs is 12. The van der Waals surface area contributed by atoms with Crippen LogP contribution in [0, 0.1) is 0 Å². The molecule has 14 rings (SSSR count). The van der Waals surface area contributed by atoms with Crippen molar-refractivity contribution in [3.05, 3.63) is 218 Å². The molecule has 0 radical (unpaired) electrons. The molecule has 11 aromatic carbocycles. The van der Waals surface area contributed by atoms with E-state index >= 15 is 0 Å².